The molecule has 0 saturated carbocycles. The number of carbonyl (C=O) groups is 4. The van der Waals surface area contributed by atoms with Crippen LogP contribution in [0, 0.1) is 13.8 Å². The van der Waals surface area contributed by atoms with Crippen LogP contribution in [0.15, 0.2) is 72.8 Å². The van der Waals surface area contributed by atoms with E-state index in [9.17, 15) is 24.3 Å². The number of carboxylic acid groups (broad SMARTS) is 1. The SMILES string of the molecule is CC(=O)NC1(c2ccccc2)CCN(C(=O)NC(Cc2ccc(NC(=O)c3c(C)cccc3C)cc2)C(=O)O)CC1. The minimum atomic E-state index is -1.14. The number of carboxylic acids is 1. The molecule has 4 rings (SSSR count). The molecule has 41 heavy (non-hydrogen) atoms. The molecule has 1 saturated heterocycles. The van der Waals surface area contributed by atoms with Crippen molar-refractivity contribution in [1.82, 2.24) is 15.5 Å². The molecule has 214 valence electrons. The van der Waals surface area contributed by atoms with Crippen LogP contribution in [0.2, 0.25) is 0 Å². The second kappa shape index (κ2) is 12.7. The highest BCUT2D eigenvalue weighted by Crippen LogP contribution is 2.33. The molecule has 3 aromatic carbocycles. The fourth-order valence-corrected chi connectivity index (χ4v) is 5.44. The minimum Gasteiger partial charge on any atom is -0.480 e. The molecule has 1 unspecified atom stereocenters. The summed E-state index contributed by atoms with van der Waals surface area (Å²) in [5, 5.41) is 18.4. The van der Waals surface area contributed by atoms with Crippen molar-refractivity contribution >= 4 is 29.5 Å². The molecule has 0 spiro atoms. The lowest BCUT2D eigenvalue weighted by atomic mass is 9.81. The number of anilines is 1. The van der Waals surface area contributed by atoms with Gasteiger partial charge in [-0.1, -0.05) is 60.7 Å². The van der Waals surface area contributed by atoms with Gasteiger partial charge >= 0.3 is 12.0 Å². The molecular weight excluding hydrogens is 520 g/mol. The van der Waals surface area contributed by atoms with Crippen LogP contribution in [0.1, 0.15) is 52.4 Å². The molecule has 1 atom stereocenters. The number of aliphatic carboxylic acids is 1. The monoisotopic (exact) mass is 556 g/mol. The highest BCUT2D eigenvalue weighted by molar-refractivity contribution is 6.06. The number of rotatable bonds is 8. The molecule has 1 heterocycles. The van der Waals surface area contributed by atoms with Crippen LogP contribution in [0.25, 0.3) is 0 Å². The summed E-state index contributed by atoms with van der Waals surface area (Å²) < 4.78 is 0. The first-order valence-electron chi connectivity index (χ1n) is 13.7. The lowest BCUT2D eigenvalue weighted by Crippen LogP contribution is -2.56. The number of amides is 4. The van der Waals surface area contributed by atoms with E-state index >= 15 is 0 Å². The van der Waals surface area contributed by atoms with Gasteiger partial charge in [-0.05, 0) is 61.1 Å². The zero-order valence-electron chi connectivity index (χ0n) is 23.6. The molecule has 0 bridgehead atoms. The van der Waals surface area contributed by atoms with Crippen molar-refractivity contribution in [3.05, 3.63) is 101 Å². The number of hydrogen-bond donors (Lipinski definition) is 4. The summed E-state index contributed by atoms with van der Waals surface area (Å²) in [4.78, 5) is 51.4. The Bertz CT molecular complexity index is 1390. The highest BCUT2D eigenvalue weighted by Gasteiger charge is 2.38. The standard InChI is InChI=1S/C32H36N4O5/c1-21-8-7-9-22(2)28(21)29(38)33-26-14-12-24(13-15-26)20-27(30(39)40)34-31(41)36-18-16-32(17-19-36,35-23(3)37)25-10-5-4-6-11-25/h4-15,27H,16-20H2,1-3H3,(H,33,38)(H,34,41)(H,35,37)(H,39,40). The summed E-state index contributed by atoms with van der Waals surface area (Å²) in [6, 6.07) is 20.7. The average molecular weight is 557 g/mol. The van der Waals surface area contributed by atoms with E-state index in [2.05, 4.69) is 16.0 Å². The quantitative estimate of drug-likeness (QED) is 0.327. The number of hydrogen-bond acceptors (Lipinski definition) is 4. The van der Waals surface area contributed by atoms with E-state index in [1.165, 1.54) is 6.92 Å². The van der Waals surface area contributed by atoms with Gasteiger partial charge in [-0.3, -0.25) is 9.59 Å². The van der Waals surface area contributed by atoms with Crippen molar-refractivity contribution in [1.29, 1.82) is 0 Å². The predicted molar refractivity (Wildman–Crippen MR) is 157 cm³/mol. The first-order valence-corrected chi connectivity index (χ1v) is 13.7. The lowest BCUT2D eigenvalue weighted by molar-refractivity contribution is -0.139. The van der Waals surface area contributed by atoms with Gasteiger partial charge in [0.15, 0.2) is 0 Å². The number of benzene rings is 3. The first kappa shape index (κ1) is 29.3. The van der Waals surface area contributed by atoms with Gasteiger partial charge in [0.1, 0.15) is 6.04 Å². The maximum absolute atomic E-state index is 13.1. The van der Waals surface area contributed by atoms with Crippen LogP contribution in [-0.2, 0) is 21.5 Å². The predicted octanol–water partition coefficient (Wildman–Crippen LogP) is 4.39. The third-order valence-corrected chi connectivity index (χ3v) is 7.60. The van der Waals surface area contributed by atoms with E-state index in [4.69, 9.17) is 0 Å². The number of likely N-dealkylation sites (tertiary alicyclic amines) is 1. The van der Waals surface area contributed by atoms with Crippen LogP contribution in [0.5, 0.6) is 0 Å². The average Bonchev–Trinajstić information content (AvgIpc) is 2.94. The Morgan fingerprint density at radius 1 is 0.878 bits per heavy atom. The number of carbonyl (C=O) groups excluding carboxylic acids is 3. The number of nitrogens with one attached hydrogen (secondary N) is 3. The molecule has 9 nitrogen and oxygen atoms in total. The molecule has 4 N–H and O–H groups in total. The van der Waals surface area contributed by atoms with Gasteiger partial charge in [0, 0.05) is 37.7 Å². The second-order valence-electron chi connectivity index (χ2n) is 10.6. The van der Waals surface area contributed by atoms with Crippen LogP contribution in [-0.4, -0.2) is 53.0 Å². The van der Waals surface area contributed by atoms with Gasteiger partial charge in [-0.25, -0.2) is 9.59 Å². The summed E-state index contributed by atoms with van der Waals surface area (Å²) >= 11 is 0. The van der Waals surface area contributed by atoms with Crippen LogP contribution >= 0.6 is 0 Å². The Hall–Kier alpha value is -4.66. The van der Waals surface area contributed by atoms with Crippen LogP contribution < -0.4 is 16.0 Å². The van der Waals surface area contributed by atoms with Crippen molar-refractivity contribution in [3.8, 4) is 0 Å². The van der Waals surface area contributed by atoms with E-state index in [0.717, 1.165) is 16.7 Å². The zero-order valence-corrected chi connectivity index (χ0v) is 23.6. The zero-order chi connectivity index (χ0) is 29.6. The fraction of sp³-hybridized carbons (Fsp3) is 0.312. The van der Waals surface area contributed by atoms with E-state index in [-0.39, 0.29) is 18.2 Å². The maximum atomic E-state index is 13.1. The Kier molecular flexibility index (Phi) is 9.07. The third-order valence-electron chi connectivity index (χ3n) is 7.60. The molecular formula is C32H36N4O5. The van der Waals surface area contributed by atoms with Crippen LogP contribution in [0.3, 0.4) is 0 Å². The molecule has 4 amide bonds. The van der Waals surface area contributed by atoms with E-state index in [1.54, 1.807) is 29.2 Å². The largest absolute Gasteiger partial charge is 0.480 e. The second-order valence-corrected chi connectivity index (χ2v) is 10.6. The summed E-state index contributed by atoms with van der Waals surface area (Å²) in [6.45, 7) is 5.98. The molecule has 0 aliphatic carbocycles. The van der Waals surface area contributed by atoms with Gasteiger partial charge in [0.05, 0.1) is 5.54 Å². The maximum Gasteiger partial charge on any atom is 0.326 e. The van der Waals surface area contributed by atoms with Gasteiger partial charge < -0.3 is 26.0 Å². The van der Waals surface area contributed by atoms with E-state index < -0.39 is 23.6 Å². The third kappa shape index (κ3) is 7.11. The van der Waals surface area contributed by atoms with E-state index in [0.29, 0.717) is 42.7 Å². The normalized spacial score (nSPS) is 15.0. The summed E-state index contributed by atoms with van der Waals surface area (Å²) in [5.41, 5.74) is 4.09. The molecule has 1 aliphatic rings. The van der Waals surface area contributed by atoms with Crippen molar-refractivity contribution in [3.63, 3.8) is 0 Å². The number of aryl methyl sites for hydroxylation is 2. The Balaban J connectivity index is 1.36. The minimum absolute atomic E-state index is 0.0832. The number of nitrogens with zero attached hydrogens (tertiary/aromatic N) is 1. The van der Waals surface area contributed by atoms with Gasteiger partial charge in [-0.15, -0.1) is 0 Å². The highest BCUT2D eigenvalue weighted by atomic mass is 16.4. The van der Waals surface area contributed by atoms with Crippen molar-refractivity contribution in [2.24, 2.45) is 0 Å². The molecule has 0 aromatic heterocycles. The molecule has 1 fully saturated rings. The smallest absolute Gasteiger partial charge is 0.326 e. The molecule has 0 radical (unpaired) electrons. The molecule has 3 aromatic rings. The number of piperidine rings is 1. The Morgan fingerprint density at radius 2 is 1.49 bits per heavy atom. The lowest BCUT2D eigenvalue weighted by Gasteiger charge is -2.42. The Labute approximate surface area is 239 Å². The van der Waals surface area contributed by atoms with Gasteiger partial charge in [0.2, 0.25) is 5.91 Å². The topological polar surface area (TPSA) is 128 Å². The summed E-state index contributed by atoms with van der Waals surface area (Å²) in [5.74, 6) is -1.49. The van der Waals surface area contributed by atoms with Gasteiger partial charge in [-0.2, -0.15) is 0 Å². The van der Waals surface area contributed by atoms with Crippen LogP contribution in [0.4, 0.5) is 10.5 Å². The fourth-order valence-electron chi connectivity index (χ4n) is 5.44. The summed E-state index contributed by atoms with van der Waals surface area (Å²) in [7, 11) is 0. The van der Waals surface area contributed by atoms with Crippen molar-refractivity contribution < 1.29 is 24.3 Å². The summed E-state index contributed by atoms with van der Waals surface area (Å²) in [6.07, 6.45) is 1.10. The van der Waals surface area contributed by atoms with Crippen molar-refractivity contribution in [2.45, 2.75) is 51.6 Å². The van der Waals surface area contributed by atoms with Crippen molar-refractivity contribution in [2.75, 3.05) is 18.4 Å². The van der Waals surface area contributed by atoms with Gasteiger partial charge in [0.25, 0.3) is 5.91 Å². The molecule has 9 heteroatoms. The molecule has 1 aliphatic heterocycles. The first-order chi connectivity index (χ1) is 19.6. The van der Waals surface area contributed by atoms with E-state index in [1.807, 2.05) is 62.4 Å². The number of urea groups is 1. The Morgan fingerprint density at radius 3 is 2.05 bits per heavy atom.